The molecule has 13 rings (SSSR count). The van der Waals surface area contributed by atoms with E-state index in [1.54, 1.807) is 12.4 Å². The summed E-state index contributed by atoms with van der Waals surface area (Å²) < 4.78 is 6.89. The van der Waals surface area contributed by atoms with Gasteiger partial charge in [-0.15, -0.1) is 71.3 Å². The number of rotatable bonds is 11. The predicted octanol–water partition coefficient (Wildman–Crippen LogP) is 16.8. The first-order chi connectivity index (χ1) is 37.2. The van der Waals surface area contributed by atoms with Crippen molar-refractivity contribution >= 4 is 21.8 Å². The first-order valence-corrected chi connectivity index (χ1v) is 24.6. The molecule has 0 bridgehead atoms. The maximum atomic E-state index is 6.89. The van der Waals surface area contributed by atoms with Crippen LogP contribution in [0, 0.1) is 30.3 Å². The van der Waals surface area contributed by atoms with E-state index >= 15 is 0 Å². The van der Waals surface area contributed by atoms with Gasteiger partial charge in [-0.1, -0.05) is 149 Å². The Bertz CT molecular complexity index is 4050. The summed E-state index contributed by atoms with van der Waals surface area (Å²) >= 11 is 0. The van der Waals surface area contributed by atoms with Crippen molar-refractivity contribution in [3.8, 4) is 112 Å². The van der Waals surface area contributed by atoms with E-state index in [0.29, 0.717) is 22.9 Å². The van der Waals surface area contributed by atoms with Crippen LogP contribution in [0.15, 0.2) is 243 Å². The van der Waals surface area contributed by atoms with E-state index in [2.05, 4.69) is 185 Å². The van der Waals surface area contributed by atoms with Crippen molar-refractivity contribution in [3.05, 3.63) is 274 Å². The minimum absolute atomic E-state index is 0. The van der Waals surface area contributed by atoms with Crippen molar-refractivity contribution in [1.29, 1.82) is 0 Å². The second-order valence-corrected chi connectivity index (χ2v) is 18.0. The molecule has 366 valence electrons. The van der Waals surface area contributed by atoms with Crippen LogP contribution in [0.3, 0.4) is 0 Å². The number of nitrogens with zero attached hydrogens (tertiary/aromatic N) is 5. The molecule has 0 N–H and O–H groups in total. The fraction of sp³-hybridized carbons (Fsp3) is 0. The van der Waals surface area contributed by atoms with Crippen LogP contribution in [0.1, 0.15) is 0 Å². The van der Waals surface area contributed by atoms with E-state index < -0.39 is 0 Å². The van der Waals surface area contributed by atoms with Crippen LogP contribution in [0.5, 0.6) is 11.6 Å². The zero-order chi connectivity index (χ0) is 49.9. The summed E-state index contributed by atoms with van der Waals surface area (Å²) in [5.74, 6) is 0.879. The van der Waals surface area contributed by atoms with E-state index in [4.69, 9.17) is 14.7 Å². The van der Waals surface area contributed by atoms with Gasteiger partial charge in [-0.2, -0.15) is 6.07 Å². The van der Waals surface area contributed by atoms with Crippen LogP contribution in [0.2, 0.25) is 0 Å². The van der Waals surface area contributed by atoms with Gasteiger partial charge in [0.1, 0.15) is 5.52 Å². The third kappa shape index (κ3) is 10.3. The third-order valence-corrected chi connectivity index (χ3v) is 13.4. The summed E-state index contributed by atoms with van der Waals surface area (Å²) in [6.45, 7) is 0. The van der Waals surface area contributed by atoms with Crippen molar-refractivity contribution in [2.24, 2.45) is 0 Å². The van der Waals surface area contributed by atoms with E-state index in [-0.39, 0.29) is 41.2 Å². The van der Waals surface area contributed by atoms with E-state index in [0.717, 1.165) is 111 Å². The number of ether oxygens (including phenoxy) is 1. The van der Waals surface area contributed by atoms with E-state index in [1.165, 1.54) is 0 Å². The summed E-state index contributed by atoms with van der Waals surface area (Å²) in [5, 5.41) is 1.96. The zero-order valence-corrected chi connectivity index (χ0v) is 45.6. The van der Waals surface area contributed by atoms with Gasteiger partial charge in [0.2, 0.25) is 5.88 Å². The predicted molar refractivity (Wildman–Crippen MR) is 300 cm³/mol. The number of aromatic nitrogens is 5. The Morgan fingerprint density at radius 1 is 0.364 bits per heavy atom. The van der Waals surface area contributed by atoms with Gasteiger partial charge in [0.05, 0.1) is 5.52 Å². The molecule has 0 atom stereocenters. The molecule has 0 spiro atoms. The number of hydrogen-bond acceptors (Lipinski definition) is 6. The molecule has 0 aliphatic carbocycles. The molecule has 5 aromatic heterocycles. The minimum Gasteiger partial charge on any atom is -0.479 e. The van der Waals surface area contributed by atoms with Crippen LogP contribution in [0.25, 0.3) is 122 Å². The summed E-state index contributed by atoms with van der Waals surface area (Å²) in [6.07, 6.45) is 7.15. The number of pyridine rings is 5. The Balaban J connectivity index is 0.00000315. The Labute approximate surface area is 474 Å². The van der Waals surface area contributed by atoms with Gasteiger partial charge in [-0.3, -0.25) is 11.1 Å². The third-order valence-electron chi connectivity index (χ3n) is 13.4. The fourth-order valence-electron chi connectivity index (χ4n) is 9.75. The molecule has 8 aromatic carbocycles. The Hall–Kier alpha value is -8.83. The molecule has 0 saturated carbocycles. The molecule has 0 aliphatic heterocycles. The van der Waals surface area contributed by atoms with Gasteiger partial charge in [-0.25, -0.2) is 16.7 Å². The first-order valence-electron chi connectivity index (χ1n) is 24.6. The zero-order valence-electron chi connectivity index (χ0n) is 40.9. The van der Waals surface area contributed by atoms with Crippen LogP contribution in [0.4, 0.5) is 0 Å². The van der Waals surface area contributed by atoms with Crippen molar-refractivity contribution in [2.45, 2.75) is 0 Å². The van der Waals surface area contributed by atoms with E-state index in [9.17, 15) is 0 Å². The largest absolute Gasteiger partial charge is 3.00 e. The number of hydrogen-bond donors (Lipinski definition) is 0. The minimum atomic E-state index is 0. The SMILES string of the molecule is [Ir+3].[Pt+2].[c-]1cc(-c2ccccc2-c2cc(-c3ccccc3-c3c[c-]c(-c4ccccn4)cc3)cc(-c3ccccc3-c3c[c-]c(-c4ccccn4)cc3)c2)c(Oc2ccc3ccc4cccnc4c3n2)[c-]c1-c1[c-]cccn1. The molecule has 5 heterocycles. The average molecular weight is 1340 g/mol. The first kappa shape index (κ1) is 50.3. The molecular formula is C69H40IrN5OPt. The molecule has 0 fully saturated rings. The molecule has 0 radical (unpaired) electrons. The van der Waals surface area contributed by atoms with Crippen LogP contribution < -0.4 is 4.74 Å². The molecule has 8 heteroatoms. The van der Waals surface area contributed by atoms with Gasteiger partial charge in [0.25, 0.3) is 0 Å². The molecule has 0 unspecified atom stereocenters. The van der Waals surface area contributed by atoms with Gasteiger partial charge >= 0.3 is 41.2 Å². The van der Waals surface area contributed by atoms with Crippen molar-refractivity contribution in [2.75, 3.05) is 0 Å². The second kappa shape index (κ2) is 22.6. The maximum Gasteiger partial charge on any atom is 3.00 e. The number of fused-ring (bicyclic) bond motifs is 3. The summed E-state index contributed by atoms with van der Waals surface area (Å²) in [4.78, 5) is 23.5. The van der Waals surface area contributed by atoms with Crippen molar-refractivity contribution < 1.29 is 45.9 Å². The molecule has 6 nitrogen and oxygen atoms in total. The molecule has 0 aliphatic rings. The van der Waals surface area contributed by atoms with Crippen molar-refractivity contribution in [1.82, 2.24) is 24.9 Å². The Kier molecular flexibility index (Phi) is 14.7. The molecule has 0 saturated heterocycles. The second-order valence-electron chi connectivity index (χ2n) is 18.0. The van der Waals surface area contributed by atoms with Gasteiger partial charge in [0, 0.05) is 35.4 Å². The van der Waals surface area contributed by atoms with Gasteiger partial charge < -0.3 is 37.4 Å². The maximum absolute atomic E-state index is 6.89. The van der Waals surface area contributed by atoms with Crippen molar-refractivity contribution in [3.63, 3.8) is 0 Å². The van der Waals surface area contributed by atoms with Crippen LogP contribution in [-0.2, 0) is 41.2 Å². The molecular weight excluding hydrogens is 1300 g/mol. The topological polar surface area (TPSA) is 73.7 Å². The summed E-state index contributed by atoms with van der Waals surface area (Å²) in [7, 11) is 0. The standard InChI is InChI=1S/C69H40N5O.Ir.Pt/c1-3-17-58(56(15-1)46-24-28-48(29-25-46)63-21-7-10-38-70-63)53-42-54(59-18-4-2-16-57(59)47-26-30-49(31-27-47)64-22-8-11-39-71-64)44-55(43-53)60-19-5-6-20-61(60)62-36-34-52(65-23-9-12-40-72-65)45-66(62)75-67-37-35-51-33-32-50-14-13-41-73-68(50)69(51)74-67;;/h1-22,24-28,30,32-33,35-44H;;/q-5;+3;+2. The molecule has 13 aromatic rings. The summed E-state index contributed by atoms with van der Waals surface area (Å²) in [6, 6.07) is 92.0. The van der Waals surface area contributed by atoms with Gasteiger partial charge in [0.15, 0.2) is 0 Å². The Morgan fingerprint density at radius 2 is 0.870 bits per heavy atom. The quantitative estimate of drug-likeness (QED) is 0.0949. The monoisotopic (exact) mass is 1340 g/mol. The van der Waals surface area contributed by atoms with Gasteiger partial charge in [-0.05, 0) is 93.0 Å². The summed E-state index contributed by atoms with van der Waals surface area (Å²) in [5.41, 5.74) is 18.6. The number of benzene rings is 8. The molecule has 77 heavy (non-hydrogen) atoms. The van der Waals surface area contributed by atoms with E-state index in [1.807, 2.05) is 91.3 Å². The fourth-order valence-corrected chi connectivity index (χ4v) is 9.75. The van der Waals surface area contributed by atoms with Crippen LogP contribution in [-0.4, -0.2) is 24.9 Å². The molecule has 0 amide bonds. The normalized spacial score (nSPS) is 10.9. The van der Waals surface area contributed by atoms with Crippen LogP contribution >= 0.6 is 0 Å². The average Bonchev–Trinajstić information content (AvgIpc) is 3.52. The Morgan fingerprint density at radius 3 is 1.40 bits per heavy atom. The smallest absolute Gasteiger partial charge is 0.479 e.